The second-order valence-corrected chi connectivity index (χ2v) is 3.60. The lowest BCUT2D eigenvalue weighted by atomic mass is 10.2. The number of hydrogen-bond donors (Lipinski definition) is 0. The van der Waals surface area contributed by atoms with Crippen LogP contribution in [0, 0.1) is 11.8 Å². The molecule has 0 saturated heterocycles. The summed E-state index contributed by atoms with van der Waals surface area (Å²) in [6, 6.07) is 0. The van der Waals surface area contributed by atoms with E-state index < -0.39 is 24.2 Å². The molecule has 0 amide bonds. The summed E-state index contributed by atoms with van der Waals surface area (Å²) in [4.78, 5) is 10.8. The number of rotatable bonds is 0. The van der Waals surface area contributed by atoms with Gasteiger partial charge in [-0.2, -0.15) is 13.2 Å². The normalized spacial score (nSPS) is 11.6. The second-order valence-electron chi connectivity index (χ2n) is 3.60. The Labute approximate surface area is 80.4 Å². The summed E-state index contributed by atoms with van der Waals surface area (Å²) in [6.45, 7) is 4.82. The van der Waals surface area contributed by atoms with Crippen LogP contribution in [0.2, 0.25) is 0 Å². The Morgan fingerprint density at radius 1 is 1.29 bits per heavy atom. The van der Waals surface area contributed by atoms with Crippen LogP contribution in [0.15, 0.2) is 0 Å². The Kier molecular flexibility index (Phi) is 3.99. The molecule has 0 fully saturated rings. The summed E-state index contributed by atoms with van der Waals surface area (Å²) in [5.74, 6) is 2.52. The van der Waals surface area contributed by atoms with Crippen molar-refractivity contribution >= 4 is 5.97 Å². The summed E-state index contributed by atoms with van der Waals surface area (Å²) in [6.07, 6.45) is -5.67. The fourth-order valence-electron chi connectivity index (χ4n) is 0.520. The number of carbonyl (C=O) groups excluding carboxylic acids is 1. The van der Waals surface area contributed by atoms with Crippen molar-refractivity contribution in [2.45, 2.75) is 39.0 Å². The first-order valence-electron chi connectivity index (χ1n) is 3.89. The van der Waals surface area contributed by atoms with Gasteiger partial charge in [-0.15, -0.1) is 0 Å². The third-order valence-electron chi connectivity index (χ3n) is 0.878. The molecule has 0 saturated carbocycles. The highest BCUT2D eigenvalue weighted by Crippen LogP contribution is 2.18. The van der Waals surface area contributed by atoms with Gasteiger partial charge in [0.15, 0.2) is 0 Å². The average Bonchev–Trinajstić information content (AvgIpc) is 1.78. The van der Waals surface area contributed by atoms with Gasteiger partial charge >= 0.3 is 12.1 Å². The monoisotopic (exact) mass is 208 g/mol. The number of hydrogen-bond acceptors (Lipinski definition) is 2. The molecule has 0 aromatic rings. The Bertz CT molecular complexity index is 262. The van der Waals surface area contributed by atoms with Crippen LogP contribution in [0.4, 0.5) is 13.2 Å². The standard InChI is InChI=1S/C9H11F3O2/c1-8(2,3)14-7(13)5-4-6-9(10,11)12/h6H2,1-3H3. The highest BCUT2D eigenvalue weighted by Gasteiger charge is 2.25. The van der Waals surface area contributed by atoms with Crippen molar-refractivity contribution in [2.75, 3.05) is 0 Å². The molecule has 0 unspecified atom stereocenters. The number of halogens is 3. The summed E-state index contributed by atoms with van der Waals surface area (Å²) < 4.78 is 39.4. The van der Waals surface area contributed by atoms with Gasteiger partial charge in [0.2, 0.25) is 0 Å². The minimum absolute atomic E-state index is 0.732. The van der Waals surface area contributed by atoms with Crippen molar-refractivity contribution in [3.8, 4) is 11.8 Å². The predicted molar refractivity (Wildman–Crippen MR) is 44.3 cm³/mol. The minimum atomic E-state index is -4.37. The second kappa shape index (κ2) is 4.36. The van der Waals surface area contributed by atoms with E-state index in [1.807, 2.05) is 0 Å². The molecule has 0 aliphatic heterocycles. The maximum atomic E-state index is 11.6. The van der Waals surface area contributed by atoms with Crippen LogP contribution in [0.5, 0.6) is 0 Å². The zero-order chi connectivity index (χ0) is 11.4. The van der Waals surface area contributed by atoms with Crippen molar-refractivity contribution in [3.63, 3.8) is 0 Å². The van der Waals surface area contributed by atoms with E-state index in [9.17, 15) is 18.0 Å². The SMILES string of the molecule is CC(C)(C)OC(=O)C#CCC(F)(F)F. The summed E-state index contributed by atoms with van der Waals surface area (Å²) in [5.41, 5.74) is -0.732. The lowest BCUT2D eigenvalue weighted by molar-refractivity contribution is -0.147. The van der Waals surface area contributed by atoms with Crippen LogP contribution in [0.1, 0.15) is 27.2 Å². The largest absolute Gasteiger partial charge is 0.450 e. The van der Waals surface area contributed by atoms with E-state index >= 15 is 0 Å². The molecule has 0 N–H and O–H groups in total. The third-order valence-corrected chi connectivity index (χ3v) is 0.878. The first kappa shape index (κ1) is 12.8. The Morgan fingerprint density at radius 3 is 2.14 bits per heavy atom. The zero-order valence-electron chi connectivity index (χ0n) is 8.16. The maximum Gasteiger partial charge on any atom is 0.399 e. The molecular weight excluding hydrogens is 197 g/mol. The van der Waals surface area contributed by atoms with Gasteiger partial charge in [0.05, 0.1) is 0 Å². The van der Waals surface area contributed by atoms with E-state index in [1.54, 1.807) is 32.6 Å². The molecule has 0 bridgehead atoms. The zero-order valence-corrected chi connectivity index (χ0v) is 8.16. The van der Waals surface area contributed by atoms with Gasteiger partial charge in [-0.1, -0.05) is 5.92 Å². The van der Waals surface area contributed by atoms with Crippen LogP contribution in [0.3, 0.4) is 0 Å². The Hall–Kier alpha value is -1.18. The first-order chi connectivity index (χ1) is 6.10. The molecule has 0 aromatic carbocycles. The van der Waals surface area contributed by atoms with Gasteiger partial charge < -0.3 is 4.74 Å². The Balaban J connectivity index is 4.07. The van der Waals surface area contributed by atoms with E-state index in [2.05, 4.69) is 4.74 Å². The van der Waals surface area contributed by atoms with Gasteiger partial charge in [-0.3, -0.25) is 0 Å². The average molecular weight is 208 g/mol. The molecule has 0 spiro atoms. The topological polar surface area (TPSA) is 26.3 Å². The van der Waals surface area contributed by atoms with Crippen molar-refractivity contribution in [1.29, 1.82) is 0 Å². The fraction of sp³-hybridized carbons (Fsp3) is 0.667. The van der Waals surface area contributed by atoms with Crippen LogP contribution in [-0.4, -0.2) is 17.7 Å². The van der Waals surface area contributed by atoms with E-state index in [0.29, 0.717) is 0 Å². The molecule has 2 nitrogen and oxygen atoms in total. The Morgan fingerprint density at radius 2 is 1.79 bits per heavy atom. The number of carbonyl (C=O) groups is 1. The molecule has 0 heterocycles. The summed E-state index contributed by atoms with van der Waals surface area (Å²) in [5, 5.41) is 0. The van der Waals surface area contributed by atoms with Crippen LogP contribution < -0.4 is 0 Å². The van der Waals surface area contributed by atoms with Crippen molar-refractivity contribution in [3.05, 3.63) is 0 Å². The van der Waals surface area contributed by atoms with Gasteiger partial charge in [-0.25, -0.2) is 4.79 Å². The fourth-order valence-corrected chi connectivity index (χ4v) is 0.520. The minimum Gasteiger partial charge on any atom is -0.450 e. The molecular formula is C9H11F3O2. The smallest absolute Gasteiger partial charge is 0.399 e. The summed E-state index contributed by atoms with van der Waals surface area (Å²) >= 11 is 0. The molecule has 0 aliphatic rings. The van der Waals surface area contributed by atoms with Crippen LogP contribution in [0.25, 0.3) is 0 Å². The highest BCUT2D eigenvalue weighted by molar-refractivity contribution is 5.88. The van der Waals surface area contributed by atoms with E-state index in [0.717, 1.165) is 0 Å². The molecule has 80 valence electrons. The number of ether oxygens (including phenoxy) is 1. The van der Waals surface area contributed by atoms with Crippen LogP contribution in [-0.2, 0) is 9.53 Å². The lowest BCUT2D eigenvalue weighted by Gasteiger charge is -2.16. The van der Waals surface area contributed by atoms with Crippen molar-refractivity contribution in [1.82, 2.24) is 0 Å². The molecule has 0 atom stereocenters. The number of alkyl halides is 3. The van der Waals surface area contributed by atoms with E-state index in [4.69, 9.17) is 0 Å². The third kappa shape index (κ3) is 8.91. The van der Waals surface area contributed by atoms with Crippen LogP contribution >= 0.6 is 0 Å². The van der Waals surface area contributed by atoms with E-state index in [-0.39, 0.29) is 0 Å². The van der Waals surface area contributed by atoms with Gasteiger partial charge in [0.1, 0.15) is 12.0 Å². The number of esters is 1. The molecule has 0 aromatic heterocycles. The van der Waals surface area contributed by atoms with Gasteiger partial charge in [0.25, 0.3) is 0 Å². The quantitative estimate of drug-likeness (QED) is 0.347. The van der Waals surface area contributed by atoms with Gasteiger partial charge in [0, 0.05) is 5.92 Å². The highest BCUT2D eigenvalue weighted by atomic mass is 19.4. The predicted octanol–water partition coefficient (Wildman–Crippen LogP) is 2.28. The lowest BCUT2D eigenvalue weighted by Crippen LogP contribution is -2.22. The van der Waals surface area contributed by atoms with E-state index in [1.165, 1.54) is 0 Å². The van der Waals surface area contributed by atoms with Gasteiger partial charge in [-0.05, 0) is 20.8 Å². The molecule has 14 heavy (non-hydrogen) atoms. The molecule has 0 radical (unpaired) electrons. The van der Waals surface area contributed by atoms with Crippen molar-refractivity contribution in [2.24, 2.45) is 0 Å². The molecule has 0 rings (SSSR count). The van der Waals surface area contributed by atoms with Crippen molar-refractivity contribution < 1.29 is 22.7 Å². The molecule has 5 heteroatoms. The summed E-state index contributed by atoms with van der Waals surface area (Å²) in [7, 11) is 0. The molecule has 0 aliphatic carbocycles. The first-order valence-corrected chi connectivity index (χ1v) is 3.89. The maximum absolute atomic E-state index is 11.6.